The molecule has 5 heteroatoms. The van der Waals surface area contributed by atoms with Crippen LogP contribution in [0, 0.1) is 11.3 Å². The van der Waals surface area contributed by atoms with Crippen LogP contribution in [0.2, 0.25) is 5.02 Å². The Labute approximate surface area is 180 Å². The van der Waals surface area contributed by atoms with Crippen molar-refractivity contribution in [3.8, 4) is 6.07 Å². The number of piperidine rings is 1. The molecule has 3 rings (SSSR count). The second-order valence-corrected chi connectivity index (χ2v) is 8.72. The van der Waals surface area contributed by atoms with E-state index in [0.717, 1.165) is 61.7 Å². The Morgan fingerprint density at radius 3 is 2.34 bits per heavy atom. The van der Waals surface area contributed by atoms with E-state index < -0.39 is 0 Å². The minimum Gasteiger partial charge on any atom is -0.373 e. The Morgan fingerprint density at radius 2 is 1.72 bits per heavy atom. The molecule has 0 N–H and O–H groups in total. The lowest BCUT2D eigenvalue weighted by Gasteiger charge is -2.32. The lowest BCUT2D eigenvalue weighted by molar-refractivity contribution is 0.204. The number of nitriles is 1. The van der Waals surface area contributed by atoms with E-state index in [2.05, 4.69) is 66.2 Å². The Kier molecular flexibility index (Phi) is 7.55. The predicted octanol–water partition coefficient (Wildman–Crippen LogP) is 4.59. The molecule has 0 spiro atoms. The van der Waals surface area contributed by atoms with Crippen LogP contribution in [-0.4, -0.2) is 57.1 Å². The number of hydrogen-bond donors (Lipinski definition) is 0. The van der Waals surface area contributed by atoms with Crippen LogP contribution in [0.1, 0.15) is 35.4 Å². The zero-order chi connectivity index (χ0) is 20.8. The van der Waals surface area contributed by atoms with Gasteiger partial charge in [-0.3, -0.25) is 4.90 Å². The molecule has 0 aromatic heterocycles. The van der Waals surface area contributed by atoms with Gasteiger partial charge in [-0.2, -0.15) is 5.26 Å². The number of rotatable bonds is 7. The molecule has 1 aliphatic heterocycles. The smallest absolute Gasteiger partial charge is 0.0995 e. The second kappa shape index (κ2) is 10.1. The van der Waals surface area contributed by atoms with Crippen molar-refractivity contribution in [3.05, 3.63) is 64.2 Å². The molecule has 0 amide bonds. The molecule has 1 fully saturated rings. The van der Waals surface area contributed by atoms with Gasteiger partial charge in [0.15, 0.2) is 0 Å². The summed E-state index contributed by atoms with van der Waals surface area (Å²) in [5, 5.41) is 10.4. The lowest BCUT2D eigenvalue weighted by Crippen LogP contribution is -2.33. The fourth-order valence-corrected chi connectivity index (χ4v) is 4.06. The van der Waals surface area contributed by atoms with E-state index in [1.165, 1.54) is 11.3 Å². The van der Waals surface area contributed by atoms with Gasteiger partial charge in [0.25, 0.3) is 0 Å². The molecule has 0 radical (unpaired) electrons. The summed E-state index contributed by atoms with van der Waals surface area (Å²) in [6, 6.07) is 16.9. The maximum atomic E-state index is 9.57. The molecular weight excluding hydrogens is 380 g/mol. The van der Waals surface area contributed by atoms with Crippen molar-refractivity contribution in [2.24, 2.45) is 0 Å². The summed E-state index contributed by atoms with van der Waals surface area (Å²) in [6.07, 6.45) is 2.29. The highest BCUT2D eigenvalue weighted by Gasteiger charge is 2.21. The van der Waals surface area contributed by atoms with Crippen LogP contribution in [0.15, 0.2) is 42.5 Å². The normalized spacial score (nSPS) is 15.4. The van der Waals surface area contributed by atoms with Crippen LogP contribution in [0.5, 0.6) is 0 Å². The molecule has 29 heavy (non-hydrogen) atoms. The first kappa shape index (κ1) is 21.6. The summed E-state index contributed by atoms with van der Waals surface area (Å²) >= 11 is 6.02. The summed E-state index contributed by atoms with van der Waals surface area (Å²) < 4.78 is 0. The molecular formula is C24H31ClN4. The molecule has 1 saturated heterocycles. The van der Waals surface area contributed by atoms with Gasteiger partial charge in [0.2, 0.25) is 0 Å². The van der Waals surface area contributed by atoms with Gasteiger partial charge < -0.3 is 9.80 Å². The Bertz CT molecular complexity index is 833. The van der Waals surface area contributed by atoms with Crippen molar-refractivity contribution in [1.82, 2.24) is 9.80 Å². The van der Waals surface area contributed by atoms with Crippen molar-refractivity contribution in [1.29, 1.82) is 5.26 Å². The fraction of sp³-hybridized carbons (Fsp3) is 0.458. The molecule has 0 atom stereocenters. The van der Waals surface area contributed by atoms with Gasteiger partial charge in [0, 0.05) is 37.4 Å². The summed E-state index contributed by atoms with van der Waals surface area (Å²) in [5.41, 5.74) is 4.48. The number of halogens is 1. The van der Waals surface area contributed by atoms with Crippen LogP contribution < -0.4 is 4.90 Å². The van der Waals surface area contributed by atoms with Gasteiger partial charge >= 0.3 is 0 Å². The fourth-order valence-electron chi connectivity index (χ4n) is 3.94. The molecule has 4 nitrogen and oxygen atoms in total. The third-order valence-corrected chi connectivity index (χ3v) is 6.11. The van der Waals surface area contributed by atoms with Gasteiger partial charge in [-0.05, 0) is 87.4 Å². The predicted molar refractivity (Wildman–Crippen MR) is 122 cm³/mol. The maximum absolute atomic E-state index is 9.57. The summed E-state index contributed by atoms with van der Waals surface area (Å²) in [6.45, 7) is 4.91. The number of nitrogens with zero attached hydrogens (tertiary/aromatic N) is 4. The van der Waals surface area contributed by atoms with E-state index in [4.69, 9.17) is 11.6 Å². The van der Waals surface area contributed by atoms with Crippen LogP contribution in [0.3, 0.4) is 0 Å². The molecule has 0 bridgehead atoms. The number of hydrogen-bond acceptors (Lipinski definition) is 4. The molecule has 1 heterocycles. The monoisotopic (exact) mass is 410 g/mol. The highest BCUT2D eigenvalue weighted by molar-refractivity contribution is 6.30. The van der Waals surface area contributed by atoms with Crippen molar-refractivity contribution in [3.63, 3.8) is 0 Å². The first-order chi connectivity index (χ1) is 14.0. The van der Waals surface area contributed by atoms with Crippen molar-refractivity contribution in [2.45, 2.75) is 25.3 Å². The molecule has 1 aliphatic rings. The van der Waals surface area contributed by atoms with E-state index in [1.54, 1.807) is 0 Å². The Morgan fingerprint density at radius 1 is 1.03 bits per heavy atom. The van der Waals surface area contributed by atoms with Gasteiger partial charge in [0.1, 0.15) is 0 Å². The number of likely N-dealkylation sites (N-methyl/N-ethyl adjacent to an activating group) is 2. The van der Waals surface area contributed by atoms with Crippen LogP contribution in [0.4, 0.5) is 5.69 Å². The molecule has 2 aromatic carbocycles. The zero-order valence-electron chi connectivity index (χ0n) is 17.7. The van der Waals surface area contributed by atoms with Gasteiger partial charge in [-0.15, -0.1) is 0 Å². The van der Waals surface area contributed by atoms with Gasteiger partial charge in [0.05, 0.1) is 11.6 Å². The highest BCUT2D eigenvalue weighted by Crippen LogP contribution is 2.30. The number of benzene rings is 2. The van der Waals surface area contributed by atoms with Crippen LogP contribution in [0.25, 0.3) is 0 Å². The molecule has 0 unspecified atom stereocenters. The third kappa shape index (κ3) is 5.96. The number of likely N-dealkylation sites (tertiary alicyclic amines) is 1. The number of anilines is 1. The zero-order valence-corrected chi connectivity index (χ0v) is 18.5. The first-order valence-electron chi connectivity index (χ1n) is 10.3. The van der Waals surface area contributed by atoms with Crippen LogP contribution in [-0.2, 0) is 6.54 Å². The molecule has 154 valence electrons. The minimum atomic E-state index is 0.599. The summed E-state index contributed by atoms with van der Waals surface area (Å²) in [4.78, 5) is 6.93. The Balaban J connectivity index is 1.63. The standard InChI is InChI=1S/C24H31ClN4/c1-27(2)14-15-28(3)24-9-6-21(17-26)22(16-24)18-29-12-10-20(11-13-29)19-4-7-23(25)8-5-19/h4-9,16,20H,10-15,18H2,1-3H3. The van der Waals surface area contributed by atoms with Gasteiger partial charge in [-0.1, -0.05) is 23.7 Å². The van der Waals surface area contributed by atoms with Crippen molar-refractivity contribution in [2.75, 3.05) is 52.2 Å². The highest BCUT2D eigenvalue weighted by atomic mass is 35.5. The average Bonchev–Trinajstić information content (AvgIpc) is 2.73. The van der Waals surface area contributed by atoms with E-state index in [1.807, 2.05) is 18.2 Å². The van der Waals surface area contributed by atoms with Crippen molar-refractivity contribution >= 4 is 17.3 Å². The first-order valence-corrected chi connectivity index (χ1v) is 10.7. The topological polar surface area (TPSA) is 33.5 Å². The molecule has 2 aromatic rings. The lowest BCUT2D eigenvalue weighted by atomic mass is 9.89. The van der Waals surface area contributed by atoms with Gasteiger partial charge in [-0.25, -0.2) is 0 Å². The SMILES string of the molecule is CN(C)CCN(C)c1ccc(C#N)c(CN2CCC(c3ccc(Cl)cc3)CC2)c1. The van der Waals surface area contributed by atoms with E-state index in [9.17, 15) is 5.26 Å². The summed E-state index contributed by atoms with van der Waals surface area (Å²) in [5.74, 6) is 0.599. The minimum absolute atomic E-state index is 0.599. The molecule has 0 aliphatic carbocycles. The van der Waals surface area contributed by atoms with Crippen molar-refractivity contribution < 1.29 is 0 Å². The third-order valence-electron chi connectivity index (χ3n) is 5.86. The Hall–Kier alpha value is -2.06. The largest absolute Gasteiger partial charge is 0.373 e. The quantitative estimate of drug-likeness (QED) is 0.668. The van der Waals surface area contributed by atoms with E-state index in [0.29, 0.717) is 5.92 Å². The maximum Gasteiger partial charge on any atom is 0.0995 e. The molecule has 0 saturated carbocycles. The van der Waals surface area contributed by atoms with E-state index >= 15 is 0 Å². The van der Waals surface area contributed by atoms with Crippen LogP contribution >= 0.6 is 11.6 Å². The van der Waals surface area contributed by atoms with E-state index in [-0.39, 0.29) is 0 Å². The average molecular weight is 411 g/mol. The summed E-state index contributed by atoms with van der Waals surface area (Å²) in [7, 11) is 6.30. The second-order valence-electron chi connectivity index (χ2n) is 8.28.